The first-order valence-corrected chi connectivity index (χ1v) is 16.7. The van der Waals surface area contributed by atoms with E-state index in [1.165, 1.54) is 81.8 Å². The van der Waals surface area contributed by atoms with E-state index < -0.39 is 0 Å². The van der Waals surface area contributed by atoms with E-state index in [0.717, 1.165) is 36.4 Å². The van der Waals surface area contributed by atoms with Crippen LogP contribution < -0.4 is 14.4 Å². The van der Waals surface area contributed by atoms with Crippen molar-refractivity contribution in [1.29, 1.82) is 0 Å². The average Bonchev–Trinajstić information content (AvgIpc) is 2.98. The summed E-state index contributed by atoms with van der Waals surface area (Å²) in [5.41, 5.74) is 4.37. The van der Waals surface area contributed by atoms with Crippen LogP contribution in [0.3, 0.4) is 0 Å². The fourth-order valence-corrected chi connectivity index (χ4v) is 6.02. The summed E-state index contributed by atoms with van der Waals surface area (Å²) in [4.78, 5) is 19.0. The highest BCUT2D eigenvalue weighted by Crippen LogP contribution is 2.31. The molecule has 0 spiro atoms. The fraction of sp³-hybridized carbons (Fsp3) is 0.579. The van der Waals surface area contributed by atoms with Gasteiger partial charge in [-0.3, -0.25) is 9.79 Å². The van der Waals surface area contributed by atoms with Crippen molar-refractivity contribution in [2.45, 2.75) is 118 Å². The number of benzene rings is 2. The molecule has 2 aromatic carbocycles. The molecule has 5 nitrogen and oxygen atoms in total. The number of ether oxygens (including phenoxy) is 2. The Labute approximate surface area is 278 Å². The van der Waals surface area contributed by atoms with Crippen molar-refractivity contribution in [2.75, 3.05) is 25.2 Å². The van der Waals surface area contributed by atoms with Gasteiger partial charge in [0.25, 0.3) is 0 Å². The van der Waals surface area contributed by atoms with Crippen LogP contribution in [0.5, 0.6) is 11.5 Å². The Kier molecular flexibility index (Phi) is 17.5. The summed E-state index contributed by atoms with van der Waals surface area (Å²) in [6.07, 6.45) is 21.1. The maximum Gasteiger partial charge on any atom is 0.224 e. The number of nitrogens with zero attached hydrogens (tertiary/aromatic N) is 2. The molecule has 1 heterocycles. The summed E-state index contributed by atoms with van der Waals surface area (Å²) in [6.45, 7) is 10.2. The Morgan fingerprint density at radius 2 is 1.45 bits per heavy atom. The molecular formula is C38H57BrN2O3. The molecule has 1 amide bonds. The number of aliphatic imine (C=N–C) groups is 1. The highest BCUT2D eigenvalue weighted by atomic mass is 79.9. The molecule has 1 aliphatic heterocycles. The zero-order chi connectivity index (χ0) is 30.9. The van der Waals surface area contributed by atoms with E-state index in [-0.39, 0.29) is 28.3 Å². The van der Waals surface area contributed by atoms with Gasteiger partial charge in [0.2, 0.25) is 5.91 Å². The van der Waals surface area contributed by atoms with E-state index in [9.17, 15) is 4.79 Å². The molecule has 0 fully saturated rings. The zero-order valence-electron chi connectivity index (χ0n) is 28.0. The normalized spacial score (nSPS) is 15.8. The standard InChI is InChI=1S/C38H56N2O3.BrH/c1-6-7-8-9-10-11-12-13-14-15-16-17-24-43-36-23-20-34(25-37(36)42-5)29-40(32(3)41)35-21-18-33(19-22-35)27-38(4)26-31(2)28-39-30-38;/h18-23,25-26,28H,6-17,24,27,29-30H2,1-5H3;1H. The number of amides is 1. The van der Waals surface area contributed by atoms with Crippen molar-refractivity contribution in [3.05, 3.63) is 65.2 Å². The molecule has 0 saturated carbocycles. The van der Waals surface area contributed by atoms with Crippen molar-refractivity contribution in [2.24, 2.45) is 10.4 Å². The van der Waals surface area contributed by atoms with Gasteiger partial charge >= 0.3 is 0 Å². The van der Waals surface area contributed by atoms with Gasteiger partial charge in [0.05, 0.1) is 20.3 Å². The van der Waals surface area contributed by atoms with Gasteiger partial charge in [-0.1, -0.05) is 109 Å². The first kappa shape index (κ1) is 37.6. The van der Waals surface area contributed by atoms with Gasteiger partial charge in [-0.05, 0) is 60.7 Å². The lowest BCUT2D eigenvalue weighted by molar-refractivity contribution is -0.116. The predicted molar refractivity (Wildman–Crippen MR) is 192 cm³/mol. The number of hydrogen-bond donors (Lipinski definition) is 0. The second-order valence-electron chi connectivity index (χ2n) is 12.7. The van der Waals surface area contributed by atoms with Crippen molar-refractivity contribution in [3.63, 3.8) is 0 Å². The number of halogens is 1. The minimum Gasteiger partial charge on any atom is -0.493 e. The predicted octanol–water partition coefficient (Wildman–Crippen LogP) is 10.5. The van der Waals surface area contributed by atoms with E-state index in [1.807, 2.05) is 41.4 Å². The first-order chi connectivity index (χ1) is 20.8. The van der Waals surface area contributed by atoms with Gasteiger partial charge < -0.3 is 14.4 Å². The first-order valence-electron chi connectivity index (χ1n) is 16.7. The molecular weight excluding hydrogens is 612 g/mol. The van der Waals surface area contributed by atoms with Gasteiger partial charge in [-0.2, -0.15) is 0 Å². The van der Waals surface area contributed by atoms with Crippen molar-refractivity contribution in [1.82, 2.24) is 0 Å². The van der Waals surface area contributed by atoms with Gasteiger partial charge in [0, 0.05) is 30.8 Å². The Balaban J connectivity index is 0.00000675. The Hall–Kier alpha value is -2.60. The zero-order valence-corrected chi connectivity index (χ0v) is 29.8. The minimum atomic E-state index is 0. The van der Waals surface area contributed by atoms with Crippen LogP contribution in [0, 0.1) is 5.41 Å². The third kappa shape index (κ3) is 13.2. The molecule has 0 saturated heterocycles. The molecule has 44 heavy (non-hydrogen) atoms. The number of anilines is 1. The van der Waals surface area contributed by atoms with E-state index in [1.54, 1.807) is 14.0 Å². The quantitative estimate of drug-likeness (QED) is 0.132. The van der Waals surface area contributed by atoms with E-state index in [4.69, 9.17) is 9.47 Å². The fourth-order valence-electron chi connectivity index (χ4n) is 6.02. The maximum absolute atomic E-state index is 12.7. The van der Waals surface area contributed by atoms with Crippen LogP contribution >= 0.6 is 17.0 Å². The second kappa shape index (κ2) is 20.4. The molecule has 0 aromatic heterocycles. The second-order valence-corrected chi connectivity index (χ2v) is 12.7. The van der Waals surface area contributed by atoms with Crippen LogP contribution in [0.1, 0.15) is 116 Å². The molecule has 2 aromatic rings. The van der Waals surface area contributed by atoms with Gasteiger partial charge in [-0.25, -0.2) is 0 Å². The number of hydrogen-bond acceptors (Lipinski definition) is 4. The molecule has 244 valence electrons. The molecule has 3 rings (SSSR count). The molecule has 1 aliphatic rings. The summed E-state index contributed by atoms with van der Waals surface area (Å²) in [5, 5.41) is 0. The lowest BCUT2D eigenvalue weighted by Crippen LogP contribution is -2.28. The Morgan fingerprint density at radius 3 is 2.02 bits per heavy atom. The average molecular weight is 670 g/mol. The van der Waals surface area contributed by atoms with Crippen LogP contribution in [0.4, 0.5) is 5.69 Å². The van der Waals surface area contributed by atoms with Crippen molar-refractivity contribution in [3.8, 4) is 11.5 Å². The smallest absolute Gasteiger partial charge is 0.224 e. The van der Waals surface area contributed by atoms with Gasteiger partial charge in [-0.15, -0.1) is 17.0 Å². The Bertz CT molecular complexity index is 1180. The number of unbranched alkanes of at least 4 members (excludes halogenated alkanes) is 11. The summed E-state index contributed by atoms with van der Waals surface area (Å²) in [7, 11) is 1.67. The van der Waals surface area contributed by atoms with Crippen LogP contribution in [-0.2, 0) is 17.8 Å². The lowest BCUT2D eigenvalue weighted by atomic mass is 9.81. The summed E-state index contributed by atoms with van der Waals surface area (Å²) >= 11 is 0. The van der Waals surface area contributed by atoms with Gasteiger partial charge in [0.15, 0.2) is 11.5 Å². The monoisotopic (exact) mass is 668 g/mol. The Morgan fingerprint density at radius 1 is 0.864 bits per heavy atom. The largest absolute Gasteiger partial charge is 0.493 e. The van der Waals surface area contributed by atoms with Crippen LogP contribution in [-0.4, -0.2) is 32.4 Å². The third-order valence-corrected chi connectivity index (χ3v) is 8.38. The number of carbonyl (C=O) groups is 1. The summed E-state index contributed by atoms with van der Waals surface area (Å²) in [6, 6.07) is 14.3. The molecule has 1 unspecified atom stereocenters. The number of allylic oxidation sites excluding steroid dienone is 1. The summed E-state index contributed by atoms with van der Waals surface area (Å²) < 4.78 is 11.7. The summed E-state index contributed by atoms with van der Waals surface area (Å²) in [5.74, 6) is 1.48. The van der Waals surface area contributed by atoms with E-state index >= 15 is 0 Å². The van der Waals surface area contributed by atoms with Crippen LogP contribution in [0.15, 0.2) is 59.1 Å². The molecule has 1 atom stereocenters. The number of carbonyl (C=O) groups excluding carboxylic acids is 1. The molecule has 0 bridgehead atoms. The highest BCUT2D eigenvalue weighted by Gasteiger charge is 2.24. The van der Waals surface area contributed by atoms with E-state index in [0.29, 0.717) is 18.9 Å². The molecule has 6 heteroatoms. The van der Waals surface area contributed by atoms with Crippen LogP contribution in [0.2, 0.25) is 0 Å². The number of rotatable bonds is 20. The maximum atomic E-state index is 12.7. The highest BCUT2D eigenvalue weighted by molar-refractivity contribution is 8.93. The van der Waals surface area contributed by atoms with E-state index in [2.05, 4.69) is 44.0 Å². The van der Waals surface area contributed by atoms with Crippen LogP contribution in [0.25, 0.3) is 0 Å². The molecule has 0 N–H and O–H groups in total. The number of dihydropyridines is 1. The van der Waals surface area contributed by atoms with Crippen molar-refractivity contribution >= 4 is 34.8 Å². The SMILES string of the molecule is Br.CCCCCCCCCCCCCCOc1ccc(CN(C(C)=O)c2ccc(CC3(C)C=C(C)C=NC3)cc2)cc1OC. The minimum absolute atomic E-state index is 0. The van der Waals surface area contributed by atoms with Gasteiger partial charge in [0.1, 0.15) is 0 Å². The number of methoxy groups -OCH3 is 1. The lowest BCUT2D eigenvalue weighted by Gasteiger charge is -2.28. The third-order valence-electron chi connectivity index (χ3n) is 8.38. The van der Waals surface area contributed by atoms with Crippen molar-refractivity contribution < 1.29 is 14.3 Å². The topological polar surface area (TPSA) is 51.1 Å². The molecule has 0 aliphatic carbocycles. The molecule has 0 radical (unpaired) electrons.